The molecule has 0 spiro atoms. The molecule has 0 saturated carbocycles. The maximum absolute atomic E-state index is 12.6. The van der Waals surface area contributed by atoms with E-state index in [1.165, 1.54) is 7.11 Å². The number of nitrogens with one attached hydrogen (secondary N) is 2. The largest absolute Gasteiger partial charge is 0.481 e. The SMILES string of the molecule is COCCC(CC(=O)c1ccc(-c2ccc(Nc3nc4ccc(NSC)cc4s3)cc2)cc1)C(=O)O. The van der Waals surface area contributed by atoms with Gasteiger partial charge in [-0.05, 0) is 47.9 Å². The Bertz CT molecular complexity index is 1340. The summed E-state index contributed by atoms with van der Waals surface area (Å²) < 4.78 is 9.30. The molecule has 7 nitrogen and oxygen atoms in total. The third kappa shape index (κ3) is 6.42. The molecule has 4 aromatic rings. The minimum atomic E-state index is -0.978. The minimum absolute atomic E-state index is 0.0421. The molecular weight excluding hydrogens is 494 g/mol. The molecule has 36 heavy (non-hydrogen) atoms. The summed E-state index contributed by atoms with van der Waals surface area (Å²) in [6.45, 7) is 0.309. The van der Waals surface area contributed by atoms with Crippen molar-refractivity contribution in [1.82, 2.24) is 4.98 Å². The summed E-state index contributed by atoms with van der Waals surface area (Å²) in [6, 6.07) is 21.4. The van der Waals surface area contributed by atoms with Crippen LogP contribution in [0.25, 0.3) is 21.3 Å². The zero-order valence-electron chi connectivity index (χ0n) is 20.0. The van der Waals surface area contributed by atoms with Gasteiger partial charge in [0.1, 0.15) is 0 Å². The maximum atomic E-state index is 12.6. The Hall–Kier alpha value is -3.40. The number of ether oxygens (including phenoxy) is 1. The highest BCUT2D eigenvalue weighted by Crippen LogP contribution is 2.31. The van der Waals surface area contributed by atoms with Crippen molar-refractivity contribution in [2.24, 2.45) is 5.92 Å². The van der Waals surface area contributed by atoms with Gasteiger partial charge >= 0.3 is 5.97 Å². The first kappa shape index (κ1) is 25.7. The Kier molecular flexibility index (Phi) is 8.58. The molecule has 1 heterocycles. The fourth-order valence-electron chi connectivity index (χ4n) is 3.79. The molecule has 0 saturated heterocycles. The number of nitrogens with zero attached hydrogens (tertiary/aromatic N) is 1. The van der Waals surface area contributed by atoms with Crippen molar-refractivity contribution in [3.05, 3.63) is 72.3 Å². The second-order valence-electron chi connectivity index (χ2n) is 8.23. The Morgan fingerprint density at radius 2 is 1.69 bits per heavy atom. The Morgan fingerprint density at radius 3 is 2.33 bits per heavy atom. The summed E-state index contributed by atoms with van der Waals surface area (Å²) in [5.41, 5.74) is 5.43. The van der Waals surface area contributed by atoms with Crippen LogP contribution in [-0.4, -0.2) is 41.8 Å². The number of carboxylic acids is 1. The first-order chi connectivity index (χ1) is 17.5. The third-order valence-corrected chi connectivity index (χ3v) is 7.11. The van der Waals surface area contributed by atoms with Gasteiger partial charge in [-0.3, -0.25) is 9.59 Å². The van der Waals surface area contributed by atoms with Crippen LogP contribution in [0.2, 0.25) is 0 Å². The number of thiazole rings is 1. The van der Waals surface area contributed by atoms with Gasteiger partial charge in [-0.15, -0.1) is 0 Å². The number of aliphatic carboxylic acids is 1. The Labute approximate surface area is 218 Å². The van der Waals surface area contributed by atoms with Crippen LogP contribution in [0.1, 0.15) is 23.2 Å². The Morgan fingerprint density at radius 1 is 1.03 bits per heavy atom. The summed E-state index contributed by atoms with van der Waals surface area (Å²) >= 11 is 3.16. The molecule has 1 unspecified atom stereocenters. The summed E-state index contributed by atoms with van der Waals surface area (Å²) in [6.07, 6.45) is 2.26. The molecule has 1 aromatic heterocycles. The summed E-state index contributed by atoms with van der Waals surface area (Å²) in [4.78, 5) is 28.7. The van der Waals surface area contributed by atoms with Gasteiger partial charge in [0, 0.05) is 43.3 Å². The van der Waals surface area contributed by atoms with Crippen LogP contribution in [0.3, 0.4) is 0 Å². The van der Waals surface area contributed by atoms with Crippen LogP contribution in [0.5, 0.6) is 0 Å². The van der Waals surface area contributed by atoms with E-state index in [1.807, 2.05) is 54.8 Å². The number of fused-ring (bicyclic) bond motifs is 1. The first-order valence-electron chi connectivity index (χ1n) is 11.4. The normalized spacial score (nSPS) is 11.8. The molecule has 3 aromatic carbocycles. The van der Waals surface area contributed by atoms with Gasteiger partial charge in [-0.2, -0.15) is 0 Å². The van der Waals surface area contributed by atoms with Crippen molar-refractivity contribution in [1.29, 1.82) is 0 Å². The van der Waals surface area contributed by atoms with Crippen molar-refractivity contribution in [3.63, 3.8) is 0 Å². The summed E-state index contributed by atoms with van der Waals surface area (Å²) in [5, 5.41) is 13.5. The van der Waals surface area contributed by atoms with E-state index in [2.05, 4.69) is 21.1 Å². The molecule has 0 aliphatic heterocycles. The topological polar surface area (TPSA) is 101 Å². The smallest absolute Gasteiger partial charge is 0.307 e. The van der Waals surface area contributed by atoms with E-state index in [0.29, 0.717) is 18.6 Å². The van der Waals surface area contributed by atoms with Crippen LogP contribution >= 0.6 is 23.3 Å². The predicted octanol–water partition coefficient (Wildman–Crippen LogP) is 6.71. The molecule has 4 rings (SSSR count). The van der Waals surface area contributed by atoms with Crippen molar-refractivity contribution in [3.8, 4) is 11.1 Å². The lowest BCUT2D eigenvalue weighted by molar-refractivity contribution is -0.142. The number of ketones is 1. The third-order valence-electron chi connectivity index (χ3n) is 5.74. The molecule has 0 amide bonds. The lowest BCUT2D eigenvalue weighted by Gasteiger charge is -2.11. The van der Waals surface area contributed by atoms with E-state index in [4.69, 9.17) is 4.74 Å². The van der Waals surface area contributed by atoms with Gasteiger partial charge in [0.15, 0.2) is 10.9 Å². The van der Waals surface area contributed by atoms with Gasteiger partial charge in [0.25, 0.3) is 0 Å². The number of methoxy groups -OCH3 is 1. The van der Waals surface area contributed by atoms with Gasteiger partial charge in [0.2, 0.25) is 0 Å². The van der Waals surface area contributed by atoms with E-state index < -0.39 is 11.9 Å². The predicted molar refractivity (Wildman–Crippen MR) is 148 cm³/mol. The van der Waals surface area contributed by atoms with Gasteiger partial charge in [-0.1, -0.05) is 59.7 Å². The van der Waals surface area contributed by atoms with Crippen LogP contribution in [-0.2, 0) is 9.53 Å². The average molecular weight is 522 g/mol. The number of carbonyl (C=O) groups excluding carboxylic acids is 1. The van der Waals surface area contributed by atoms with Crippen LogP contribution in [0, 0.1) is 5.92 Å². The molecule has 0 aliphatic rings. The molecular formula is C27H27N3O4S2. The van der Waals surface area contributed by atoms with Crippen molar-refractivity contribution < 1.29 is 19.4 Å². The number of hydrogen-bond donors (Lipinski definition) is 3. The highest BCUT2D eigenvalue weighted by atomic mass is 32.2. The number of carboxylic acid groups (broad SMARTS) is 1. The number of anilines is 3. The molecule has 0 fully saturated rings. The highest BCUT2D eigenvalue weighted by Gasteiger charge is 2.21. The summed E-state index contributed by atoms with van der Waals surface area (Å²) in [7, 11) is 1.52. The number of carbonyl (C=O) groups is 2. The lowest BCUT2D eigenvalue weighted by Crippen LogP contribution is -2.19. The standard InChI is InChI=1S/C27H27N3O4S2/c1-34-14-13-20(26(32)33)15-24(31)19-5-3-17(4-6-19)18-7-9-21(10-8-18)28-27-29-23-12-11-22(30-35-2)16-25(23)36-27/h3-12,16,20,30H,13-15H2,1-2H3,(H,28,29)(H,32,33). The quantitative estimate of drug-likeness (QED) is 0.140. The van der Waals surface area contributed by atoms with Crippen LogP contribution < -0.4 is 10.0 Å². The Balaban J connectivity index is 1.40. The average Bonchev–Trinajstić information content (AvgIpc) is 3.28. The van der Waals surface area contributed by atoms with E-state index in [1.54, 1.807) is 35.4 Å². The monoisotopic (exact) mass is 521 g/mol. The molecule has 0 bridgehead atoms. The van der Waals surface area contributed by atoms with E-state index in [0.717, 1.165) is 37.8 Å². The number of benzene rings is 3. The number of aromatic nitrogens is 1. The lowest BCUT2D eigenvalue weighted by atomic mass is 9.94. The second kappa shape index (κ2) is 12.0. The fourth-order valence-corrected chi connectivity index (χ4v) is 5.08. The van der Waals surface area contributed by atoms with Gasteiger partial charge in [0.05, 0.1) is 16.1 Å². The number of hydrogen-bond acceptors (Lipinski definition) is 8. The van der Waals surface area contributed by atoms with Gasteiger partial charge < -0.3 is 19.9 Å². The zero-order chi connectivity index (χ0) is 25.5. The van der Waals surface area contributed by atoms with Crippen molar-refractivity contribution >= 4 is 61.8 Å². The molecule has 9 heteroatoms. The van der Waals surface area contributed by atoms with E-state index in [-0.39, 0.29) is 12.2 Å². The minimum Gasteiger partial charge on any atom is -0.481 e. The van der Waals surface area contributed by atoms with Crippen molar-refractivity contribution in [2.75, 3.05) is 30.0 Å². The molecule has 0 aliphatic carbocycles. The molecule has 186 valence electrons. The van der Waals surface area contributed by atoms with E-state index >= 15 is 0 Å². The molecule has 0 radical (unpaired) electrons. The molecule has 3 N–H and O–H groups in total. The highest BCUT2D eigenvalue weighted by molar-refractivity contribution is 7.99. The van der Waals surface area contributed by atoms with Crippen molar-refractivity contribution in [2.45, 2.75) is 12.8 Å². The van der Waals surface area contributed by atoms with Crippen LogP contribution in [0.4, 0.5) is 16.5 Å². The zero-order valence-corrected chi connectivity index (χ0v) is 21.6. The number of rotatable bonds is 12. The first-order valence-corrected chi connectivity index (χ1v) is 13.4. The van der Waals surface area contributed by atoms with Crippen LogP contribution in [0.15, 0.2) is 66.7 Å². The second-order valence-corrected chi connectivity index (χ2v) is 9.87. The summed E-state index contributed by atoms with van der Waals surface area (Å²) in [5.74, 6) is -1.91. The number of Topliss-reactive ketones (excluding diaryl/α,β-unsaturated/α-hetero) is 1. The van der Waals surface area contributed by atoms with E-state index in [9.17, 15) is 14.7 Å². The molecule has 1 atom stereocenters. The van der Waals surface area contributed by atoms with Gasteiger partial charge in [-0.25, -0.2) is 4.98 Å². The maximum Gasteiger partial charge on any atom is 0.307 e. The fraction of sp³-hybridized carbons (Fsp3) is 0.222.